The fourth-order valence-electron chi connectivity index (χ4n) is 4.95. The summed E-state index contributed by atoms with van der Waals surface area (Å²) in [7, 11) is -1.51. The molecule has 1 N–H and O–H groups in total. The third-order valence-corrected chi connectivity index (χ3v) is 9.70. The number of amides is 2. The first-order chi connectivity index (χ1) is 22.6. The molecule has 0 fully saturated rings. The van der Waals surface area contributed by atoms with Crippen LogP contribution in [-0.4, -0.2) is 58.5 Å². The van der Waals surface area contributed by atoms with Gasteiger partial charge in [-0.15, -0.1) is 0 Å². The van der Waals surface area contributed by atoms with E-state index in [1.54, 1.807) is 36.4 Å². The molecule has 1 atom stereocenters. The standard InChI is InChI=1S/C35H37Cl2N3O6S/c1-4-20-38-35(42)31(21-25-8-6-5-7-9-25)39(23-26-10-12-27(36)13-11-26)34(41)24-40(29-16-14-28(37)15-17-29)47(43,44)30-18-19-32(45-2)33(22-30)46-3/h5-19,22,31H,4,20-21,23-24H2,1-3H3,(H,38,42)/t31-/m1/s1. The van der Waals surface area contributed by atoms with Crippen molar-refractivity contribution in [2.24, 2.45) is 0 Å². The smallest absolute Gasteiger partial charge is 0.264 e. The Bertz CT molecular complexity index is 1750. The summed E-state index contributed by atoms with van der Waals surface area (Å²) in [5.41, 5.74) is 1.76. The number of halogens is 2. The van der Waals surface area contributed by atoms with E-state index < -0.39 is 28.5 Å². The maximum atomic E-state index is 14.5. The molecule has 0 aliphatic carbocycles. The molecular formula is C35H37Cl2N3O6S. The Balaban J connectivity index is 1.81. The van der Waals surface area contributed by atoms with E-state index in [0.717, 1.165) is 9.87 Å². The van der Waals surface area contributed by atoms with Crippen molar-refractivity contribution in [2.45, 2.75) is 37.2 Å². The lowest BCUT2D eigenvalue weighted by Crippen LogP contribution is -2.53. The largest absolute Gasteiger partial charge is 0.493 e. The van der Waals surface area contributed by atoms with Crippen molar-refractivity contribution in [3.63, 3.8) is 0 Å². The first kappa shape index (κ1) is 35.6. The fraction of sp³-hybridized carbons (Fsp3) is 0.257. The maximum Gasteiger partial charge on any atom is 0.264 e. The SMILES string of the molecule is CCCNC(=O)[C@@H](Cc1ccccc1)N(Cc1ccc(Cl)cc1)C(=O)CN(c1ccc(Cl)cc1)S(=O)(=O)c1ccc(OC)c(OC)c1. The number of benzene rings is 4. The minimum atomic E-state index is -4.36. The van der Waals surface area contributed by atoms with Gasteiger partial charge < -0.3 is 19.7 Å². The van der Waals surface area contributed by atoms with Gasteiger partial charge in [-0.05, 0) is 66.1 Å². The average molecular weight is 699 g/mol. The van der Waals surface area contributed by atoms with Crippen LogP contribution in [0.2, 0.25) is 10.0 Å². The zero-order valence-corrected chi connectivity index (χ0v) is 28.7. The summed E-state index contributed by atoms with van der Waals surface area (Å²) >= 11 is 12.3. The molecule has 0 heterocycles. The van der Waals surface area contributed by atoms with Crippen molar-refractivity contribution >= 4 is 50.7 Å². The van der Waals surface area contributed by atoms with E-state index in [1.807, 2.05) is 37.3 Å². The van der Waals surface area contributed by atoms with Crippen molar-refractivity contribution < 1.29 is 27.5 Å². The van der Waals surface area contributed by atoms with Gasteiger partial charge in [0.15, 0.2) is 11.5 Å². The Morgan fingerprint density at radius 1 is 0.809 bits per heavy atom. The van der Waals surface area contributed by atoms with Gasteiger partial charge in [-0.1, -0.05) is 72.6 Å². The van der Waals surface area contributed by atoms with Crippen molar-refractivity contribution in [3.05, 3.63) is 118 Å². The average Bonchev–Trinajstić information content (AvgIpc) is 3.08. The molecule has 4 aromatic rings. The minimum Gasteiger partial charge on any atom is -0.493 e. The maximum absolute atomic E-state index is 14.5. The molecule has 0 aliphatic rings. The zero-order chi connectivity index (χ0) is 34.0. The summed E-state index contributed by atoms with van der Waals surface area (Å²) in [4.78, 5) is 29.6. The summed E-state index contributed by atoms with van der Waals surface area (Å²) in [6.45, 7) is 1.76. The normalized spacial score (nSPS) is 11.8. The van der Waals surface area contributed by atoms with Gasteiger partial charge >= 0.3 is 0 Å². The number of hydrogen-bond donors (Lipinski definition) is 1. The second kappa shape index (κ2) is 16.5. The highest BCUT2D eigenvalue weighted by atomic mass is 35.5. The van der Waals surface area contributed by atoms with E-state index in [-0.39, 0.29) is 35.2 Å². The lowest BCUT2D eigenvalue weighted by Gasteiger charge is -2.34. The number of rotatable bonds is 15. The molecule has 0 saturated carbocycles. The summed E-state index contributed by atoms with van der Waals surface area (Å²) in [6, 6.07) is 25.7. The van der Waals surface area contributed by atoms with Gasteiger partial charge in [-0.2, -0.15) is 0 Å². The van der Waals surface area contributed by atoms with Crippen molar-refractivity contribution in [2.75, 3.05) is 31.6 Å². The van der Waals surface area contributed by atoms with Crippen LogP contribution in [0.3, 0.4) is 0 Å². The van der Waals surface area contributed by atoms with Crippen LogP contribution in [0.5, 0.6) is 11.5 Å². The number of anilines is 1. The molecule has 12 heteroatoms. The van der Waals surface area contributed by atoms with E-state index in [1.165, 1.54) is 49.5 Å². The lowest BCUT2D eigenvalue weighted by atomic mass is 10.0. The Labute approximate surface area is 286 Å². The highest BCUT2D eigenvalue weighted by Gasteiger charge is 2.35. The molecule has 4 aromatic carbocycles. The van der Waals surface area contributed by atoms with Gasteiger partial charge in [-0.3, -0.25) is 13.9 Å². The van der Waals surface area contributed by atoms with Crippen LogP contribution in [-0.2, 0) is 32.6 Å². The predicted octanol–water partition coefficient (Wildman–Crippen LogP) is 6.37. The highest BCUT2D eigenvalue weighted by molar-refractivity contribution is 7.92. The molecular weight excluding hydrogens is 661 g/mol. The second-order valence-corrected chi connectivity index (χ2v) is 13.4. The molecule has 0 bridgehead atoms. The van der Waals surface area contributed by atoms with E-state index in [2.05, 4.69) is 5.32 Å². The number of sulfonamides is 1. The van der Waals surface area contributed by atoms with Crippen LogP contribution >= 0.6 is 23.2 Å². The molecule has 0 aliphatic heterocycles. The number of ether oxygens (including phenoxy) is 2. The Morgan fingerprint density at radius 2 is 1.43 bits per heavy atom. The molecule has 0 spiro atoms. The van der Waals surface area contributed by atoms with Crippen LogP contribution in [0.1, 0.15) is 24.5 Å². The number of carbonyl (C=O) groups excluding carboxylic acids is 2. The molecule has 0 unspecified atom stereocenters. The quantitative estimate of drug-likeness (QED) is 0.155. The van der Waals surface area contributed by atoms with E-state index >= 15 is 0 Å². The van der Waals surface area contributed by atoms with Crippen molar-refractivity contribution in [3.8, 4) is 11.5 Å². The van der Waals surface area contributed by atoms with Gasteiger partial charge in [0.05, 0.1) is 24.8 Å². The second-order valence-electron chi connectivity index (χ2n) is 10.6. The van der Waals surface area contributed by atoms with Crippen LogP contribution in [0.4, 0.5) is 5.69 Å². The molecule has 47 heavy (non-hydrogen) atoms. The highest BCUT2D eigenvalue weighted by Crippen LogP contribution is 2.33. The van der Waals surface area contributed by atoms with E-state index in [9.17, 15) is 18.0 Å². The van der Waals surface area contributed by atoms with Gasteiger partial charge in [0.1, 0.15) is 12.6 Å². The Kier molecular flexibility index (Phi) is 12.5. The third kappa shape index (κ3) is 9.18. The molecule has 248 valence electrons. The summed E-state index contributed by atoms with van der Waals surface area (Å²) < 4.78 is 40.3. The Morgan fingerprint density at radius 3 is 2.02 bits per heavy atom. The monoisotopic (exact) mass is 697 g/mol. The van der Waals surface area contributed by atoms with Gasteiger partial charge in [0, 0.05) is 35.6 Å². The number of methoxy groups -OCH3 is 2. The summed E-state index contributed by atoms with van der Waals surface area (Å²) in [5.74, 6) is -0.391. The predicted molar refractivity (Wildman–Crippen MR) is 185 cm³/mol. The number of nitrogens with zero attached hydrogens (tertiary/aromatic N) is 2. The van der Waals surface area contributed by atoms with E-state index in [4.69, 9.17) is 32.7 Å². The van der Waals surface area contributed by atoms with Crippen molar-refractivity contribution in [1.29, 1.82) is 0 Å². The molecule has 0 saturated heterocycles. The molecule has 0 radical (unpaired) electrons. The molecule has 0 aromatic heterocycles. The summed E-state index contributed by atoms with van der Waals surface area (Å²) in [5, 5.41) is 3.84. The molecule has 4 rings (SSSR count). The van der Waals surface area contributed by atoms with E-state index in [0.29, 0.717) is 34.3 Å². The van der Waals surface area contributed by atoms with Crippen molar-refractivity contribution in [1.82, 2.24) is 10.2 Å². The first-order valence-electron chi connectivity index (χ1n) is 14.9. The van der Waals surface area contributed by atoms with Crippen LogP contribution in [0.15, 0.2) is 102 Å². The third-order valence-electron chi connectivity index (χ3n) is 7.42. The van der Waals surface area contributed by atoms with Crippen LogP contribution in [0, 0.1) is 0 Å². The van der Waals surface area contributed by atoms with Crippen LogP contribution in [0.25, 0.3) is 0 Å². The lowest BCUT2D eigenvalue weighted by molar-refractivity contribution is -0.140. The van der Waals surface area contributed by atoms with Crippen LogP contribution < -0.4 is 19.1 Å². The zero-order valence-electron chi connectivity index (χ0n) is 26.4. The minimum absolute atomic E-state index is 0.0257. The number of nitrogens with one attached hydrogen (secondary N) is 1. The van der Waals surface area contributed by atoms with Gasteiger partial charge in [0.25, 0.3) is 10.0 Å². The van der Waals surface area contributed by atoms with Gasteiger partial charge in [-0.25, -0.2) is 8.42 Å². The fourth-order valence-corrected chi connectivity index (χ4v) is 6.63. The molecule has 2 amide bonds. The number of carbonyl (C=O) groups is 2. The Hall–Kier alpha value is -4.25. The summed E-state index contributed by atoms with van der Waals surface area (Å²) in [6.07, 6.45) is 0.905. The first-order valence-corrected chi connectivity index (χ1v) is 17.1. The topological polar surface area (TPSA) is 105 Å². The molecule has 9 nitrogen and oxygen atoms in total. The number of hydrogen-bond acceptors (Lipinski definition) is 6. The van der Waals surface area contributed by atoms with Gasteiger partial charge in [0.2, 0.25) is 11.8 Å².